The Kier molecular flexibility index (Phi) is 2.72. The molecule has 19 heavy (non-hydrogen) atoms. The van der Waals surface area contributed by atoms with Crippen LogP contribution in [-0.4, -0.2) is 14.5 Å². The fraction of sp³-hybridized carbons (Fsp3) is 0.0714. The minimum atomic E-state index is -0.0986. The van der Waals surface area contributed by atoms with E-state index in [9.17, 15) is 4.79 Å². The van der Waals surface area contributed by atoms with Crippen molar-refractivity contribution in [2.75, 3.05) is 0 Å². The van der Waals surface area contributed by atoms with Gasteiger partial charge in [-0.2, -0.15) is 4.98 Å². The molecule has 0 bridgehead atoms. The summed E-state index contributed by atoms with van der Waals surface area (Å²) in [5.74, 6) is 1.04. The highest BCUT2D eigenvalue weighted by molar-refractivity contribution is 5.75. The van der Waals surface area contributed by atoms with Crippen molar-refractivity contribution in [2.45, 2.75) is 0 Å². The highest BCUT2D eigenvalue weighted by Gasteiger charge is 2.04. The Labute approximate surface area is 109 Å². The quantitative estimate of drug-likeness (QED) is 0.702. The van der Waals surface area contributed by atoms with E-state index in [-0.39, 0.29) is 5.56 Å². The summed E-state index contributed by atoms with van der Waals surface area (Å²) in [5.41, 5.74) is 0.493. The van der Waals surface area contributed by atoms with E-state index in [1.165, 1.54) is 10.6 Å². The van der Waals surface area contributed by atoms with Gasteiger partial charge in [-0.05, 0) is 24.3 Å². The number of ether oxygens (including phenoxy) is 1. The minimum absolute atomic E-state index is 0.0986. The molecule has 0 aliphatic carbocycles. The molecule has 5 heteroatoms. The first-order valence-corrected chi connectivity index (χ1v) is 5.79. The van der Waals surface area contributed by atoms with Crippen LogP contribution in [0.25, 0.3) is 11.0 Å². The van der Waals surface area contributed by atoms with Crippen LogP contribution in [0.15, 0.2) is 53.6 Å². The molecule has 0 unspecified atom stereocenters. The number of hydrogen-bond donors (Lipinski definition) is 0. The first kappa shape index (κ1) is 11.4. The number of aromatic nitrogens is 3. The lowest BCUT2D eigenvalue weighted by Crippen LogP contribution is -2.15. The molecule has 0 aromatic carbocycles. The second kappa shape index (κ2) is 4.53. The van der Waals surface area contributed by atoms with Crippen LogP contribution in [0.4, 0.5) is 0 Å². The van der Waals surface area contributed by atoms with E-state index in [2.05, 4.69) is 9.97 Å². The molecule has 0 fully saturated rings. The first-order valence-electron chi connectivity index (χ1n) is 5.79. The summed E-state index contributed by atoms with van der Waals surface area (Å²) in [5, 5.41) is 0.889. The van der Waals surface area contributed by atoms with Gasteiger partial charge in [0, 0.05) is 30.8 Å². The molecule has 0 saturated heterocycles. The maximum absolute atomic E-state index is 11.6. The van der Waals surface area contributed by atoms with Gasteiger partial charge in [-0.3, -0.25) is 14.3 Å². The van der Waals surface area contributed by atoms with Crippen molar-refractivity contribution in [1.82, 2.24) is 14.5 Å². The standard InChI is InChI=1S/C14H11N3O2/c1-17-13(18)7-5-10-4-6-12(16-14(10)17)19-11-3-2-8-15-9-11/h2-9H,1H3. The molecule has 94 valence electrons. The summed E-state index contributed by atoms with van der Waals surface area (Å²) in [6, 6.07) is 10.5. The lowest BCUT2D eigenvalue weighted by atomic mass is 10.3. The molecule has 0 atom stereocenters. The van der Waals surface area contributed by atoms with Gasteiger partial charge in [0.25, 0.3) is 5.56 Å². The summed E-state index contributed by atoms with van der Waals surface area (Å²) < 4.78 is 7.08. The summed E-state index contributed by atoms with van der Waals surface area (Å²) in [6.07, 6.45) is 3.28. The van der Waals surface area contributed by atoms with Crippen LogP contribution in [-0.2, 0) is 7.05 Å². The third-order valence-electron chi connectivity index (χ3n) is 2.79. The van der Waals surface area contributed by atoms with Crippen LogP contribution < -0.4 is 10.3 Å². The Bertz CT molecular complexity index is 782. The van der Waals surface area contributed by atoms with Gasteiger partial charge in [0.1, 0.15) is 11.4 Å². The third-order valence-corrected chi connectivity index (χ3v) is 2.79. The molecule has 3 aromatic rings. The van der Waals surface area contributed by atoms with E-state index in [0.29, 0.717) is 17.3 Å². The number of pyridine rings is 3. The minimum Gasteiger partial charge on any atom is -0.437 e. The predicted molar refractivity (Wildman–Crippen MR) is 71.3 cm³/mol. The summed E-state index contributed by atoms with van der Waals surface area (Å²) >= 11 is 0. The van der Waals surface area contributed by atoms with Crippen LogP contribution in [0, 0.1) is 0 Å². The molecule has 3 rings (SSSR count). The first-order chi connectivity index (χ1) is 9.24. The van der Waals surface area contributed by atoms with Gasteiger partial charge >= 0.3 is 0 Å². The Balaban J connectivity index is 2.06. The number of fused-ring (bicyclic) bond motifs is 1. The van der Waals surface area contributed by atoms with Crippen molar-refractivity contribution in [2.24, 2.45) is 7.05 Å². The van der Waals surface area contributed by atoms with E-state index in [0.717, 1.165) is 5.39 Å². The lowest BCUT2D eigenvalue weighted by molar-refractivity contribution is 0.462. The number of rotatable bonds is 2. The van der Waals surface area contributed by atoms with Crippen LogP contribution in [0.3, 0.4) is 0 Å². The molecule has 5 nitrogen and oxygen atoms in total. The molecule has 3 heterocycles. The van der Waals surface area contributed by atoms with Gasteiger partial charge in [-0.15, -0.1) is 0 Å². The molecule has 0 saturated carbocycles. The summed E-state index contributed by atoms with van der Waals surface area (Å²) in [7, 11) is 1.69. The highest BCUT2D eigenvalue weighted by atomic mass is 16.5. The van der Waals surface area contributed by atoms with Crippen LogP contribution in [0.2, 0.25) is 0 Å². The van der Waals surface area contributed by atoms with Crippen molar-refractivity contribution in [3.63, 3.8) is 0 Å². The number of hydrogen-bond acceptors (Lipinski definition) is 4. The lowest BCUT2D eigenvalue weighted by Gasteiger charge is -2.07. The fourth-order valence-electron chi connectivity index (χ4n) is 1.80. The van der Waals surface area contributed by atoms with E-state index in [1.54, 1.807) is 43.7 Å². The zero-order chi connectivity index (χ0) is 13.2. The maximum Gasteiger partial charge on any atom is 0.251 e. The number of nitrogens with zero attached hydrogens (tertiary/aromatic N) is 3. The highest BCUT2D eigenvalue weighted by Crippen LogP contribution is 2.20. The largest absolute Gasteiger partial charge is 0.437 e. The molecule has 0 spiro atoms. The van der Waals surface area contributed by atoms with E-state index in [1.807, 2.05) is 6.07 Å². The third kappa shape index (κ3) is 2.18. The topological polar surface area (TPSA) is 57.0 Å². The van der Waals surface area contributed by atoms with Crippen molar-refractivity contribution < 1.29 is 4.74 Å². The van der Waals surface area contributed by atoms with Crippen LogP contribution >= 0.6 is 0 Å². The average molecular weight is 253 g/mol. The monoisotopic (exact) mass is 253 g/mol. The SMILES string of the molecule is Cn1c(=O)ccc2ccc(Oc3cccnc3)nc21. The van der Waals surface area contributed by atoms with E-state index in [4.69, 9.17) is 4.74 Å². The summed E-state index contributed by atoms with van der Waals surface area (Å²) in [6.45, 7) is 0. The Morgan fingerprint density at radius 1 is 1.16 bits per heavy atom. The van der Waals surface area contributed by atoms with E-state index < -0.39 is 0 Å². The maximum atomic E-state index is 11.6. The summed E-state index contributed by atoms with van der Waals surface area (Å²) in [4.78, 5) is 19.9. The zero-order valence-electron chi connectivity index (χ0n) is 10.3. The van der Waals surface area contributed by atoms with Crippen LogP contribution in [0.5, 0.6) is 11.6 Å². The molecule has 0 amide bonds. The van der Waals surface area contributed by atoms with Gasteiger partial charge < -0.3 is 4.74 Å². The zero-order valence-corrected chi connectivity index (χ0v) is 10.3. The number of aryl methyl sites for hydroxylation is 1. The van der Waals surface area contributed by atoms with Gasteiger partial charge in [0.05, 0.1) is 6.20 Å². The Hall–Kier alpha value is -2.69. The predicted octanol–water partition coefficient (Wildman–Crippen LogP) is 2.12. The molecular formula is C14H11N3O2. The molecular weight excluding hydrogens is 242 g/mol. The van der Waals surface area contributed by atoms with Crippen molar-refractivity contribution >= 4 is 11.0 Å². The average Bonchev–Trinajstić information content (AvgIpc) is 2.45. The van der Waals surface area contributed by atoms with Crippen LogP contribution in [0.1, 0.15) is 0 Å². The molecule has 0 radical (unpaired) electrons. The second-order valence-corrected chi connectivity index (χ2v) is 4.08. The van der Waals surface area contributed by atoms with Gasteiger partial charge in [0.2, 0.25) is 5.88 Å². The van der Waals surface area contributed by atoms with E-state index >= 15 is 0 Å². The molecule has 3 aromatic heterocycles. The molecule has 0 aliphatic heterocycles. The van der Waals surface area contributed by atoms with Crippen molar-refractivity contribution in [3.05, 3.63) is 59.1 Å². The molecule has 0 aliphatic rings. The smallest absolute Gasteiger partial charge is 0.251 e. The molecule has 0 N–H and O–H groups in total. The van der Waals surface area contributed by atoms with Crippen molar-refractivity contribution in [3.8, 4) is 11.6 Å². The Morgan fingerprint density at radius 3 is 2.79 bits per heavy atom. The van der Waals surface area contributed by atoms with Gasteiger partial charge in [-0.25, -0.2) is 0 Å². The second-order valence-electron chi connectivity index (χ2n) is 4.08. The fourth-order valence-corrected chi connectivity index (χ4v) is 1.80. The van der Waals surface area contributed by atoms with Gasteiger partial charge in [0.15, 0.2) is 0 Å². The Morgan fingerprint density at radius 2 is 2.00 bits per heavy atom. The van der Waals surface area contributed by atoms with Gasteiger partial charge in [-0.1, -0.05) is 0 Å². The van der Waals surface area contributed by atoms with Crippen molar-refractivity contribution in [1.29, 1.82) is 0 Å². The normalized spacial score (nSPS) is 10.6.